The van der Waals surface area contributed by atoms with Crippen molar-refractivity contribution in [2.24, 2.45) is 0 Å². The summed E-state index contributed by atoms with van der Waals surface area (Å²) in [6.07, 6.45) is 4.96. The molecule has 0 aromatic carbocycles. The molecule has 0 unspecified atom stereocenters. The first-order chi connectivity index (χ1) is 12.1. The van der Waals surface area contributed by atoms with Gasteiger partial charge in [0.2, 0.25) is 5.91 Å². The highest BCUT2D eigenvalue weighted by atomic mass is 16.5. The number of aryl methyl sites for hydroxylation is 1. The highest BCUT2D eigenvalue weighted by Crippen LogP contribution is 2.25. The third-order valence-corrected chi connectivity index (χ3v) is 5.19. The third-order valence-electron chi connectivity index (χ3n) is 5.19. The third kappa shape index (κ3) is 4.20. The fraction of sp³-hybridized carbons (Fsp3) is 0.833. The van der Waals surface area contributed by atoms with Crippen LogP contribution in [0, 0.1) is 0 Å². The zero-order valence-corrected chi connectivity index (χ0v) is 15.7. The van der Waals surface area contributed by atoms with E-state index >= 15 is 0 Å². The van der Waals surface area contributed by atoms with E-state index in [1.165, 1.54) is 6.42 Å². The van der Waals surface area contributed by atoms with Gasteiger partial charge in [0, 0.05) is 19.0 Å². The van der Waals surface area contributed by atoms with Crippen LogP contribution in [-0.4, -0.2) is 69.2 Å². The Kier molecular flexibility index (Phi) is 6.06. The van der Waals surface area contributed by atoms with Crippen LogP contribution in [0.15, 0.2) is 0 Å². The van der Waals surface area contributed by atoms with Gasteiger partial charge in [0.05, 0.1) is 19.2 Å². The summed E-state index contributed by atoms with van der Waals surface area (Å²) in [6, 6.07) is 0.408. The van der Waals surface area contributed by atoms with Gasteiger partial charge in [0.15, 0.2) is 5.82 Å². The molecule has 2 aliphatic heterocycles. The lowest BCUT2D eigenvalue weighted by molar-refractivity contribution is -0.147. The molecule has 1 aromatic rings. The summed E-state index contributed by atoms with van der Waals surface area (Å²) in [7, 11) is 0. The number of amides is 1. The number of hydrogen-bond donors (Lipinski definition) is 1. The molecule has 2 atom stereocenters. The van der Waals surface area contributed by atoms with Crippen molar-refractivity contribution in [2.45, 2.75) is 71.1 Å². The van der Waals surface area contributed by atoms with Crippen LogP contribution >= 0.6 is 0 Å². The number of carbonyl (C=O) groups is 1. The van der Waals surface area contributed by atoms with Gasteiger partial charge < -0.3 is 9.64 Å². The van der Waals surface area contributed by atoms with E-state index in [0.717, 1.165) is 38.1 Å². The fourth-order valence-electron chi connectivity index (χ4n) is 3.86. The SMILES string of the molecule is CCCc1nc([C@H]2CN(C(=O)[C@@H]3CCCCN3C(C)C)CCO2)n[nH]1. The summed E-state index contributed by atoms with van der Waals surface area (Å²) in [6.45, 7) is 9.23. The van der Waals surface area contributed by atoms with Gasteiger partial charge in [0.25, 0.3) is 0 Å². The first-order valence-electron chi connectivity index (χ1n) is 9.67. The Morgan fingerprint density at radius 2 is 2.20 bits per heavy atom. The molecule has 2 aliphatic rings. The van der Waals surface area contributed by atoms with Gasteiger partial charge in [-0.25, -0.2) is 4.98 Å². The van der Waals surface area contributed by atoms with Crippen molar-refractivity contribution in [3.05, 3.63) is 11.6 Å². The molecule has 25 heavy (non-hydrogen) atoms. The molecule has 1 amide bonds. The molecule has 7 nitrogen and oxygen atoms in total. The molecule has 3 rings (SSSR count). The first-order valence-corrected chi connectivity index (χ1v) is 9.67. The first kappa shape index (κ1) is 18.3. The molecule has 0 aliphatic carbocycles. The van der Waals surface area contributed by atoms with E-state index in [1.807, 2.05) is 4.90 Å². The van der Waals surface area contributed by atoms with Gasteiger partial charge >= 0.3 is 0 Å². The molecule has 3 heterocycles. The van der Waals surface area contributed by atoms with Crippen LogP contribution in [0.1, 0.15) is 64.2 Å². The minimum Gasteiger partial charge on any atom is -0.366 e. The lowest BCUT2D eigenvalue weighted by Crippen LogP contribution is -2.55. The number of nitrogens with one attached hydrogen (secondary N) is 1. The number of ether oxygens (including phenoxy) is 1. The number of piperidine rings is 1. The number of nitrogens with zero attached hydrogens (tertiary/aromatic N) is 4. The highest BCUT2D eigenvalue weighted by molar-refractivity contribution is 5.82. The maximum absolute atomic E-state index is 13.1. The van der Waals surface area contributed by atoms with Crippen molar-refractivity contribution in [1.82, 2.24) is 25.0 Å². The number of hydrogen-bond acceptors (Lipinski definition) is 5. The lowest BCUT2D eigenvalue weighted by atomic mass is 9.98. The smallest absolute Gasteiger partial charge is 0.240 e. The predicted octanol–water partition coefficient (Wildman–Crippen LogP) is 1.92. The average Bonchev–Trinajstić information content (AvgIpc) is 3.10. The quantitative estimate of drug-likeness (QED) is 0.879. The van der Waals surface area contributed by atoms with Crippen molar-refractivity contribution in [1.29, 1.82) is 0 Å². The van der Waals surface area contributed by atoms with E-state index in [-0.39, 0.29) is 18.1 Å². The van der Waals surface area contributed by atoms with Crippen molar-refractivity contribution in [3.8, 4) is 0 Å². The van der Waals surface area contributed by atoms with Gasteiger partial charge in [-0.1, -0.05) is 13.3 Å². The monoisotopic (exact) mass is 349 g/mol. The summed E-state index contributed by atoms with van der Waals surface area (Å²) >= 11 is 0. The number of H-pyrrole nitrogens is 1. The lowest BCUT2D eigenvalue weighted by Gasteiger charge is -2.41. The molecule has 1 N–H and O–H groups in total. The molecule has 2 saturated heterocycles. The van der Waals surface area contributed by atoms with Crippen molar-refractivity contribution in [2.75, 3.05) is 26.2 Å². The number of morpholine rings is 1. The van der Waals surface area contributed by atoms with Gasteiger partial charge in [-0.2, -0.15) is 5.10 Å². The van der Waals surface area contributed by atoms with Crippen molar-refractivity contribution < 1.29 is 9.53 Å². The van der Waals surface area contributed by atoms with Crippen LogP contribution in [0.25, 0.3) is 0 Å². The minimum absolute atomic E-state index is 0.00953. The Morgan fingerprint density at radius 1 is 1.36 bits per heavy atom. The topological polar surface area (TPSA) is 74.3 Å². The Bertz CT molecular complexity index is 574. The molecule has 1 aromatic heterocycles. The Labute approximate surface area is 150 Å². The molecular formula is C18H31N5O2. The largest absolute Gasteiger partial charge is 0.366 e. The average molecular weight is 349 g/mol. The normalized spacial score (nSPS) is 25.5. The van der Waals surface area contributed by atoms with Crippen LogP contribution < -0.4 is 0 Å². The van der Waals surface area contributed by atoms with Gasteiger partial charge in [-0.15, -0.1) is 0 Å². The molecule has 0 radical (unpaired) electrons. The van der Waals surface area contributed by atoms with Crippen LogP contribution in [0.4, 0.5) is 0 Å². The van der Waals surface area contributed by atoms with E-state index in [1.54, 1.807) is 0 Å². The van der Waals surface area contributed by atoms with Crippen LogP contribution in [-0.2, 0) is 16.0 Å². The Morgan fingerprint density at radius 3 is 2.96 bits per heavy atom. The summed E-state index contributed by atoms with van der Waals surface area (Å²) in [4.78, 5) is 22.0. The second-order valence-corrected chi connectivity index (χ2v) is 7.38. The van der Waals surface area contributed by atoms with Gasteiger partial charge in [0.1, 0.15) is 11.9 Å². The number of likely N-dealkylation sites (tertiary alicyclic amines) is 1. The predicted molar refractivity (Wildman–Crippen MR) is 95.1 cm³/mol. The van der Waals surface area contributed by atoms with Crippen LogP contribution in [0.3, 0.4) is 0 Å². The number of rotatable bonds is 5. The van der Waals surface area contributed by atoms with Crippen molar-refractivity contribution in [3.63, 3.8) is 0 Å². The summed E-state index contributed by atoms with van der Waals surface area (Å²) in [5, 5.41) is 7.28. The Hall–Kier alpha value is -1.47. The zero-order valence-electron chi connectivity index (χ0n) is 15.7. The van der Waals surface area contributed by atoms with Crippen LogP contribution in [0.5, 0.6) is 0 Å². The summed E-state index contributed by atoms with van der Waals surface area (Å²) in [5.41, 5.74) is 0. The summed E-state index contributed by atoms with van der Waals surface area (Å²) < 4.78 is 5.85. The molecule has 140 valence electrons. The van der Waals surface area contributed by atoms with Crippen molar-refractivity contribution >= 4 is 5.91 Å². The molecular weight excluding hydrogens is 318 g/mol. The van der Waals surface area contributed by atoms with Gasteiger partial charge in [-0.05, 0) is 39.7 Å². The van der Waals surface area contributed by atoms with Crippen LogP contribution in [0.2, 0.25) is 0 Å². The van der Waals surface area contributed by atoms with Gasteiger partial charge in [-0.3, -0.25) is 14.8 Å². The molecule has 2 fully saturated rings. The molecule has 7 heteroatoms. The second-order valence-electron chi connectivity index (χ2n) is 7.38. The minimum atomic E-state index is -0.226. The van der Waals surface area contributed by atoms with E-state index < -0.39 is 0 Å². The number of aromatic amines is 1. The molecule has 0 bridgehead atoms. The maximum Gasteiger partial charge on any atom is 0.240 e. The highest BCUT2D eigenvalue weighted by Gasteiger charge is 2.36. The molecule has 0 spiro atoms. The zero-order chi connectivity index (χ0) is 17.8. The second kappa shape index (κ2) is 8.27. The molecule has 0 saturated carbocycles. The fourth-order valence-corrected chi connectivity index (χ4v) is 3.86. The number of carbonyl (C=O) groups excluding carboxylic acids is 1. The Balaban J connectivity index is 1.66. The number of aromatic nitrogens is 3. The standard InChI is InChI=1S/C18H31N5O2/c1-4-7-16-19-17(21-20-16)15-12-22(10-11-25-15)18(24)14-8-5-6-9-23(14)13(2)3/h13-15H,4-12H2,1-3H3,(H,19,20,21)/t14-,15+/m0/s1. The van der Waals surface area contributed by atoms with E-state index in [0.29, 0.717) is 31.6 Å². The van der Waals surface area contributed by atoms with E-state index in [2.05, 4.69) is 40.9 Å². The summed E-state index contributed by atoms with van der Waals surface area (Å²) in [5.74, 6) is 1.80. The van der Waals surface area contributed by atoms with E-state index in [4.69, 9.17) is 4.74 Å². The van der Waals surface area contributed by atoms with E-state index in [9.17, 15) is 4.79 Å². The maximum atomic E-state index is 13.1.